The average molecular weight is 435 g/mol. The molecule has 1 aliphatic rings. The van der Waals surface area contributed by atoms with Crippen molar-refractivity contribution in [2.24, 2.45) is 11.7 Å². The summed E-state index contributed by atoms with van der Waals surface area (Å²) in [7, 11) is 1.65. The minimum absolute atomic E-state index is 0.219. The molecule has 32 heavy (non-hydrogen) atoms. The zero-order chi connectivity index (χ0) is 22.5. The van der Waals surface area contributed by atoms with Gasteiger partial charge in [0.25, 0.3) is 0 Å². The van der Waals surface area contributed by atoms with Crippen LogP contribution in [0.15, 0.2) is 42.7 Å². The first-order valence-corrected chi connectivity index (χ1v) is 11.1. The largest absolute Gasteiger partial charge is 0.493 e. The van der Waals surface area contributed by atoms with Gasteiger partial charge in [0.15, 0.2) is 11.5 Å². The minimum atomic E-state index is -0.349. The third-order valence-corrected chi connectivity index (χ3v) is 6.16. The fourth-order valence-electron chi connectivity index (χ4n) is 4.23. The summed E-state index contributed by atoms with van der Waals surface area (Å²) in [5.74, 6) is 1.58. The molecule has 1 amide bonds. The van der Waals surface area contributed by atoms with Crippen LogP contribution in [0.3, 0.4) is 0 Å². The zero-order valence-electron chi connectivity index (χ0n) is 18.7. The highest BCUT2D eigenvalue weighted by Crippen LogP contribution is 2.36. The van der Waals surface area contributed by atoms with E-state index < -0.39 is 0 Å². The van der Waals surface area contributed by atoms with Crippen LogP contribution < -0.4 is 15.2 Å². The fraction of sp³-hybridized carbons (Fsp3) is 0.400. The number of hydrogen-bond acceptors (Lipinski definition) is 6. The maximum absolute atomic E-state index is 11.2. The molecule has 1 saturated heterocycles. The van der Waals surface area contributed by atoms with Crippen LogP contribution in [0.25, 0.3) is 22.2 Å². The van der Waals surface area contributed by atoms with Gasteiger partial charge in [-0.2, -0.15) is 0 Å². The normalized spacial score (nSPS) is 15.1. The van der Waals surface area contributed by atoms with Gasteiger partial charge < -0.3 is 20.1 Å². The van der Waals surface area contributed by atoms with Crippen molar-refractivity contribution in [2.45, 2.75) is 26.2 Å². The zero-order valence-corrected chi connectivity index (χ0v) is 18.7. The topological polar surface area (TPSA) is 90.6 Å². The van der Waals surface area contributed by atoms with Gasteiger partial charge in [0, 0.05) is 17.0 Å². The number of ether oxygens (including phenoxy) is 2. The van der Waals surface area contributed by atoms with Crippen LogP contribution in [0.4, 0.5) is 0 Å². The second-order valence-corrected chi connectivity index (χ2v) is 8.27. The van der Waals surface area contributed by atoms with E-state index in [0.29, 0.717) is 24.0 Å². The molecule has 0 unspecified atom stereocenters. The fourth-order valence-corrected chi connectivity index (χ4v) is 4.23. The molecule has 1 aliphatic heterocycles. The Hall–Kier alpha value is -3.19. The van der Waals surface area contributed by atoms with Gasteiger partial charge in [-0.05, 0) is 50.0 Å². The summed E-state index contributed by atoms with van der Waals surface area (Å²) in [5.41, 5.74) is 8.70. The van der Waals surface area contributed by atoms with Crippen molar-refractivity contribution in [1.82, 2.24) is 14.9 Å². The molecule has 7 heteroatoms. The summed E-state index contributed by atoms with van der Waals surface area (Å²) in [6, 6.07) is 11.6. The molecule has 168 valence electrons. The summed E-state index contributed by atoms with van der Waals surface area (Å²) in [5, 5.41) is 0.885. The molecule has 0 radical (unpaired) electrons. The Kier molecular flexibility index (Phi) is 6.85. The molecular formula is C25H30N4O3. The molecule has 2 aromatic carbocycles. The molecule has 2 N–H and O–H groups in total. The van der Waals surface area contributed by atoms with Crippen molar-refractivity contribution >= 4 is 16.8 Å². The Morgan fingerprint density at radius 3 is 2.53 bits per heavy atom. The van der Waals surface area contributed by atoms with Gasteiger partial charge in [0.2, 0.25) is 5.91 Å². The van der Waals surface area contributed by atoms with Crippen molar-refractivity contribution in [3.8, 4) is 22.8 Å². The molecule has 1 aromatic heterocycles. The highest BCUT2D eigenvalue weighted by molar-refractivity contribution is 5.94. The van der Waals surface area contributed by atoms with E-state index in [1.807, 2.05) is 36.4 Å². The van der Waals surface area contributed by atoms with Crippen LogP contribution >= 0.6 is 0 Å². The number of aromatic nitrogens is 2. The number of piperidine rings is 1. The van der Waals surface area contributed by atoms with E-state index >= 15 is 0 Å². The Morgan fingerprint density at radius 1 is 1.12 bits per heavy atom. The van der Waals surface area contributed by atoms with E-state index in [1.165, 1.54) is 0 Å². The predicted octanol–water partition coefficient (Wildman–Crippen LogP) is 3.44. The third-order valence-electron chi connectivity index (χ3n) is 6.16. The maximum Gasteiger partial charge on any atom is 0.221 e. The number of primary amides is 1. The van der Waals surface area contributed by atoms with Gasteiger partial charge in [0.05, 0.1) is 31.3 Å². The van der Waals surface area contributed by atoms with Crippen molar-refractivity contribution < 1.29 is 14.3 Å². The summed E-state index contributed by atoms with van der Waals surface area (Å²) >= 11 is 0. The standard InChI is InChI=1S/C25H30N4O3/c1-3-29-10-8-18(9-11-29)15-32-23-14-21-20(13-22(23)31-2)25(28-16-27-21)19-6-4-17(5-7-19)12-24(26)30/h4-7,13-14,16,18H,3,8-12,15H2,1-2H3,(H2,26,30). The van der Waals surface area contributed by atoms with Crippen molar-refractivity contribution in [2.75, 3.05) is 33.4 Å². The summed E-state index contributed by atoms with van der Waals surface area (Å²) in [4.78, 5) is 22.6. The smallest absolute Gasteiger partial charge is 0.221 e. The molecule has 0 bridgehead atoms. The van der Waals surface area contributed by atoms with Gasteiger partial charge >= 0.3 is 0 Å². The van der Waals surface area contributed by atoms with Crippen LogP contribution in [0.1, 0.15) is 25.3 Å². The van der Waals surface area contributed by atoms with Gasteiger partial charge in [0.1, 0.15) is 6.33 Å². The number of fused-ring (bicyclic) bond motifs is 1. The van der Waals surface area contributed by atoms with Gasteiger partial charge in [-0.3, -0.25) is 4.79 Å². The highest BCUT2D eigenvalue weighted by Gasteiger charge is 2.20. The van der Waals surface area contributed by atoms with E-state index in [9.17, 15) is 4.79 Å². The molecule has 0 aliphatic carbocycles. The van der Waals surface area contributed by atoms with Gasteiger partial charge in [-0.15, -0.1) is 0 Å². The first-order chi connectivity index (χ1) is 15.6. The first kappa shape index (κ1) is 22.0. The predicted molar refractivity (Wildman–Crippen MR) is 125 cm³/mol. The summed E-state index contributed by atoms with van der Waals surface area (Å²) in [6.45, 7) is 6.27. The van der Waals surface area contributed by atoms with Crippen LogP contribution in [0.2, 0.25) is 0 Å². The second-order valence-electron chi connectivity index (χ2n) is 8.27. The molecule has 3 aromatic rings. The number of amides is 1. The lowest BCUT2D eigenvalue weighted by Crippen LogP contribution is -2.35. The van der Waals surface area contributed by atoms with E-state index in [0.717, 1.165) is 60.2 Å². The molecule has 0 atom stereocenters. The van der Waals surface area contributed by atoms with Crippen LogP contribution in [0, 0.1) is 5.92 Å². The number of rotatable bonds is 8. The number of nitrogens with two attached hydrogens (primary N) is 1. The van der Waals surface area contributed by atoms with E-state index in [1.54, 1.807) is 13.4 Å². The van der Waals surface area contributed by atoms with Crippen LogP contribution in [-0.4, -0.2) is 54.1 Å². The number of carbonyl (C=O) groups is 1. The van der Waals surface area contributed by atoms with E-state index in [2.05, 4.69) is 21.8 Å². The second kappa shape index (κ2) is 9.96. The number of nitrogens with zero attached hydrogens (tertiary/aromatic N) is 3. The number of likely N-dealkylation sites (tertiary alicyclic amines) is 1. The number of methoxy groups -OCH3 is 1. The average Bonchev–Trinajstić information content (AvgIpc) is 2.82. The van der Waals surface area contributed by atoms with Crippen LogP contribution in [0.5, 0.6) is 11.5 Å². The first-order valence-electron chi connectivity index (χ1n) is 11.1. The third kappa shape index (κ3) is 4.99. The van der Waals surface area contributed by atoms with Crippen molar-refractivity contribution in [1.29, 1.82) is 0 Å². The lowest BCUT2D eigenvalue weighted by molar-refractivity contribution is -0.117. The summed E-state index contributed by atoms with van der Waals surface area (Å²) < 4.78 is 11.8. The Balaban J connectivity index is 1.56. The van der Waals surface area contributed by atoms with Crippen molar-refractivity contribution in [3.63, 3.8) is 0 Å². The molecule has 2 heterocycles. The minimum Gasteiger partial charge on any atom is -0.493 e. The Morgan fingerprint density at radius 2 is 1.88 bits per heavy atom. The highest BCUT2D eigenvalue weighted by atomic mass is 16.5. The van der Waals surface area contributed by atoms with Crippen molar-refractivity contribution in [3.05, 3.63) is 48.3 Å². The Labute approximate surface area is 188 Å². The summed E-state index contributed by atoms with van der Waals surface area (Å²) in [6.07, 6.45) is 4.09. The lowest BCUT2D eigenvalue weighted by atomic mass is 9.98. The molecule has 1 fully saturated rings. The SMILES string of the molecule is CCN1CCC(COc2cc3ncnc(-c4ccc(CC(N)=O)cc4)c3cc2OC)CC1. The molecule has 7 nitrogen and oxygen atoms in total. The van der Waals surface area contributed by atoms with Crippen LogP contribution in [-0.2, 0) is 11.2 Å². The number of carbonyl (C=O) groups excluding carboxylic acids is 1. The van der Waals surface area contributed by atoms with E-state index in [4.69, 9.17) is 15.2 Å². The van der Waals surface area contributed by atoms with E-state index in [-0.39, 0.29) is 12.3 Å². The number of hydrogen-bond donors (Lipinski definition) is 1. The molecule has 4 rings (SSSR count). The maximum atomic E-state index is 11.2. The van der Waals surface area contributed by atoms with Gasteiger partial charge in [-0.25, -0.2) is 9.97 Å². The Bertz CT molecular complexity index is 1080. The lowest BCUT2D eigenvalue weighted by Gasteiger charge is -2.30. The monoisotopic (exact) mass is 434 g/mol. The van der Waals surface area contributed by atoms with Gasteiger partial charge in [-0.1, -0.05) is 31.2 Å². The molecule has 0 saturated carbocycles. The number of benzene rings is 2. The molecule has 0 spiro atoms. The quantitative estimate of drug-likeness (QED) is 0.584. The molecular weight excluding hydrogens is 404 g/mol.